The maximum Gasteiger partial charge on any atom is 0.335 e. The Morgan fingerprint density at radius 3 is 2.63 bits per heavy atom. The van der Waals surface area contributed by atoms with Gasteiger partial charge in [-0.15, -0.1) is 0 Å². The van der Waals surface area contributed by atoms with Gasteiger partial charge in [-0.25, -0.2) is 9.59 Å². The summed E-state index contributed by atoms with van der Waals surface area (Å²) in [7, 11) is 0. The SMILES string of the molecule is CC1=C[C@H]2O[C@@H]3C[C@H]4OC(=O)C=CC=C[C@H]([C@@H](C)O)OCC[C@@H](C)[C@H](O)C(=O)OC[C@@]2(CC1)[C@]4(C)[C@]31CO1. The van der Waals surface area contributed by atoms with Crippen molar-refractivity contribution in [3.63, 3.8) is 0 Å². The van der Waals surface area contributed by atoms with Gasteiger partial charge in [0.15, 0.2) is 6.10 Å². The Balaban J connectivity index is 1.51. The Hall–Kier alpha value is -2.04. The van der Waals surface area contributed by atoms with Crippen molar-refractivity contribution < 1.29 is 43.5 Å². The minimum absolute atomic E-state index is 0.0195. The van der Waals surface area contributed by atoms with Crippen molar-refractivity contribution >= 4 is 11.9 Å². The van der Waals surface area contributed by atoms with E-state index in [9.17, 15) is 19.8 Å². The minimum Gasteiger partial charge on any atom is -0.463 e. The maximum atomic E-state index is 13.1. The van der Waals surface area contributed by atoms with Crippen molar-refractivity contribution in [1.29, 1.82) is 0 Å². The van der Waals surface area contributed by atoms with Gasteiger partial charge in [0.05, 0.1) is 30.3 Å². The summed E-state index contributed by atoms with van der Waals surface area (Å²) in [4.78, 5) is 26.0. The summed E-state index contributed by atoms with van der Waals surface area (Å²) in [5.41, 5.74) is -0.771. The first-order chi connectivity index (χ1) is 18.0. The van der Waals surface area contributed by atoms with E-state index < -0.39 is 58.7 Å². The molecule has 3 heterocycles. The minimum atomic E-state index is -1.33. The quantitative estimate of drug-likeness (QED) is 0.298. The molecule has 0 amide bonds. The molecule has 2 aliphatic carbocycles. The van der Waals surface area contributed by atoms with Crippen molar-refractivity contribution in [3.8, 4) is 0 Å². The summed E-state index contributed by atoms with van der Waals surface area (Å²) < 4.78 is 30.4. The number of epoxide rings is 1. The van der Waals surface area contributed by atoms with E-state index in [4.69, 9.17) is 23.7 Å². The molecule has 1 saturated carbocycles. The van der Waals surface area contributed by atoms with Gasteiger partial charge < -0.3 is 33.9 Å². The molecule has 9 nitrogen and oxygen atoms in total. The van der Waals surface area contributed by atoms with Gasteiger partial charge in [-0.3, -0.25) is 0 Å². The van der Waals surface area contributed by atoms with E-state index in [-0.39, 0.29) is 25.4 Å². The fourth-order valence-corrected chi connectivity index (χ4v) is 7.04. The second kappa shape index (κ2) is 10.2. The highest BCUT2D eigenvalue weighted by Crippen LogP contribution is 2.72. The summed E-state index contributed by atoms with van der Waals surface area (Å²) in [6.45, 7) is 8.27. The number of ether oxygens (including phenoxy) is 5. The first-order valence-electron chi connectivity index (χ1n) is 13.7. The highest BCUT2D eigenvalue weighted by atomic mass is 16.6. The van der Waals surface area contributed by atoms with E-state index in [0.717, 1.165) is 6.42 Å². The van der Waals surface area contributed by atoms with Gasteiger partial charge in [0, 0.05) is 24.5 Å². The molecule has 0 aromatic rings. The van der Waals surface area contributed by atoms with Crippen LogP contribution in [0.1, 0.15) is 53.4 Å². The fraction of sp³-hybridized carbons (Fsp3) is 0.724. The summed E-state index contributed by atoms with van der Waals surface area (Å²) >= 11 is 0. The second-order valence-corrected chi connectivity index (χ2v) is 11.9. The molecule has 3 fully saturated rings. The van der Waals surface area contributed by atoms with Crippen LogP contribution < -0.4 is 0 Å². The Morgan fingerprint density at radius 2 is 1.92 bits per heavy atom. The van der Waals surface area contributed by atoms with Gasteiger partial charge >= 0.3 is 11.9 Å². The number of esters is 2. The van der Waals surface area contributed by atoms with Crippen LogP contribution in [0.3, 0.4) is 0 Å². The largest absolute Gasteiger partial charge is 0.463 e. The van der Waals surface area contributed by atoms with Gasteiger partial charge in [-0.2, -0.15) is 0 Å². The number of carbonyl (C=O) groups is 2. The molecule has 0 aromatic heterocycles. The highest BCUT2D eigenvalue weighted by Gasteiger charge is 2.83. The smallest absolute Gasteiger partial charge is 0.335 e. The number of carbonyl (C=O) groups excluding carboxylic acids is 2. The number of hydrogen-bond donors (Lipinski definition) is 2. The molecule has 5 rings (SSSR count). The number of aliphatic hydroxyl groups is 2. The Morgan fingerprint density at radius 1 is 1.16 bits per heavy atom. The van der Waals surface area contributed by atoms with E-state index >= 15 is 0 Å². The Kier molecular flexibility index (Phi) is 7.37. The molecule has 210 valence electrons. The van der Waals surface area contributed by atoms with E-state index in [2.05, 4.69) is 19.9 Å². The van der Waals surface area contributed by atoms with Gasteiger partial charge in [0.1, 0.15) is 24.4 Å². The van der Waals surface area contributed by atoms with Crippen LogP contribution in [0.15, 0.2) is 36.0 Å². The lowest BCUT2D eigenvalue weighted by atomic mass is 9.51. The summed E-state index contributed by atoms with van der Waals surface area (Å²) in [6, 6.07) is 0. The van der Waals surface area contributed by atoms with Crippen molar-refractivity contribution in [2.45, 2.75) is 95.6 Å². The third kappa shape index (κ3) is 4.36. The molecule has 38 heavy (non-hydrogen) atoms. The van der Waals surface area contributed by atoms with Crippen molar-refractivity contribution in [2.24, 2.45) is 16.7 Å². The van der Waals surface area contributed by atoms with E-state index in [1.54, 1.807) is 32.1 Å². The number of hydrogen-bond acceptors (Lipinski definition) is 9. The van der Waals surface area contributed by atoms with Crippen LogP contribution in [0, 0.1) is 16.7 Å². The lowest BCUT2D eigenvalue weighted by molar-refractivity contribution is -0.234. The number of rotatable bonds is 1. The van der Waals surface area contributed by atoms with E-state index in [1.807, 2.05) is 0 Å². The zero-order valence-corrected chi connectivity index (χ0v) is 22.6. The van der Waals surface area contributed by atoms with Gasteiger partial charge in [0.2, 0.25) is 0 Å². The van der Waals surface area contributed by atoms with Crippen LogP contribution in [0.2, 0.25) is 0 Å². The summed E-state index contributed by atoms with van der Waals surface area (Å²) in [6.07, 6.45) is 6.89. The van der Waals surface area contributed by atoms with Crippen LogP contribution in [0.25, 0.3) is 0 Å². The van der Waals surface area contributed by atoms with Crippen LogP contribution >= 0.6 is 0 Å². The first-order valence-corrected chi connectivity index (χ1v) is 13.7. The highest BCUT2D eigenvalue weighted by molar-refractivity contribution is 5.82. The standard InChI is InChI=1S/C29H40O9/c1-17-9-11-28-15-35-26(33)25(32)18(2)10-12-34-20(19(3)30)7-5-6-8-24(31)38-21-14-23(37-22(28)13-17)29(16-36-29)27(21,28)4/h5-8,13,18-23,25,30,32H,9-12,14-16H2,1-4H3/t18-,19-,20-,21-,22-,23-,25+,27-,28-,29+/m1/s1. The number of aliphatic hydroxyl groups excluding tert-OH is 2. The van der Waals surface area contributed by atoms with Crippen molar-refractivity contribution in [1.82, 2.24) is 0 Å². The molecule has 0 aromatic carbocycles. The molecule has 0 unspecified atom stereocenters. The second-order valence-electron chi connectivity index (χ2n) is 11.9. The topological polar surface area (TPSA) is 124 Å². The van der Waals surface area contributed by atoms with Crippen molar-refractivity contribution in [3.05, 3.63) is 36.0 Å². The molecule has 2 bridgehead atoms. The molecule has 2 spiro atoms. The monoisotopic (exact) mass is 532 g/mol. The maximum absolute atomic E-state index is 13.1. The summed E-state index contributed by atoms with van der Waals surface area (Å²) in [5, 5.41) is 20.8. The van der Waals surface area contributed by atoms with E-state index in [0.29, 0.717) is 25.9 Å². The number of cyclic esters (lactones) is 1. The third-order valence-corrected chi connectivity index (χ3v) is 9.73. The molecule has 5 aliphatic rings. The molecule has 2 saturated heterocycles. The molecular weight excluding hydrogens is 492 g/mol. The van der Waals surface area contributed by atoms with Crippen LogP contribution in [-0.4, -0.2) is 84.2 Å². The Bertz CT molecular complexity index is 1030. The van der Waals surface area contributed by atoms with Crippen LogP contribution in [0.5, 0.6) is 0 Å². The molecule has 9 heteroatoms. The van der Waals surface area contributed by atoms with Crippen LogP contribution in [-0.2, 0) is 33.3 Å². The molecule has 3 aliphatic heterocycles. The van der Waals surface area contributed by atoms with E-state index in [1.165, 1.54) is 11.6 Å². The fourth-order valence-electron chi connectivity index (χ4n) is 7.04. The molecular formula is C29H40O9. The zero-order chi connectivity index (χ0) is 27.3. The average Bonchev–Trinajstić information content (AvgIpc) is 3.65. The van der Waals surface area contributed by atoms with Gasteiger partial charge in [-0.05, 0) is 39.0 Å². The number of allylic oxidation sites excluding steroid dienone is 3. The molecule has 10 atom stereocenters. The predicted octanol–water partition coefficient (Wildman–Crippen LogP) is 2.39. The molecule has 2 N–H and O–H groups in total. The lowest BCUT2D eigenvalue weighted by Gasteiger charge is -2.58. The third-order valence-electron chi connectivity index (χ3n) is 9.73. The normalized spacial score (nSPS) is 46.3. The van der Waals surface area contributed by atoms with Crippen LogP contribution in [0.4, 0.5) is 0 Å². The summed E-state index contributed by atoms with van der Waals surface area (Å²) in [5.74, 6) is -1.60. The van der Waals surface area contributed by atoms with Crippen molar-refractivity contribution in [2.75, 3.05) is 19.8 Å². The first kappa shape index (κ1) is 27.5. The van der Waals surface area contributed by atoms with Gasteiger partial charge in [0.25, 0.3) is 0 Å². The van der Waals surface area contributed by atoms with Gasteiger partial charge in [-0.1, -0.05) is 43.7 Å². The average molecular weight is 533 g/mol. The Labute approximate surface area is 223 Å². The molecule has 0 radical (unpaired) electrons. The zero-order valence-electron chi connectivity index (χ0n) is 22.6. The predicted molar refractivity (Wildman–Crippen MR) is 136 cm³/mol. The lowest BCUT2D eigenvalue weighted by Crippen LogP contribution is -2.66.